The van der Waals surface area contributed by atoms with E-state index in [0.29, 0.717) is 0 Å². The zero-order valence-corrected chi connectivity index (χ0v) is 14.7. The van der Waals surface area contributed by atoms with Crippen molar-refractivity contribution in [3.8, 4) is 0 Å². The second kappa shape index (κ2) is 8.20. The summed E-state index contributed by atoms with van der Waals surface area (Å²) in [7, 11) is 4.01. The molecule has 120 valence electrons. The molecule has 0 fully saturated rings. The Morgan fingerprint density at radius 2 is 2.00 bits per heavy atom. The van der Waals surface area contributed by atoms with Crippen LogP contribution in [0.1, 0.15) is 18.2 Å². The summed E-state index contributed by atoms with van der Waals surface area (Å²) in [5.41, 5.74) is 6.35. The normalized spacial score (nSPS) is 11.5. The van der Waals surface area contributed by atoms with Crippen molar-refractivity contribution in [1.82, 2.24) is 9.97 Å². The van der Waals surface area contributed by atoms with Gasteiger partial charge in [-0.2, -0.15) is 0 Å². The standard InChI is InChI=1S/C18H22B2N4/c1-4-6-13(7-5-2)16-10-18(22-11-21-16)23-17-9-15(24-20)12(3)8-14(17)19/h4-11,24H,1,19-20H2,2-3H3,(H,21,22,23)/b7-5-,13-6+. The van der Waals surface area contributed by atoms with E-state index in [1.54, 1.807) is 12.4 Å². The van der Waals surface area contributed by atoms with E-state index >= 15 is 0 Å². The fourth-order valence-corrected chi connectivity index (χ4v) is 2.51. The topological polar surface area (TPSA) is 49.8 Å². The summed E-state index contributed by atoms with van der Waals surface area (Å²) in [4.78, 5) is 8.69. The highest BCUT2D eigenvalue weighted by Gasteiger charge is 2.06. The van der Waals surface area contributed by atoms with Gasteiger partial charge in [0, 0.05) is 17.4 Å². The number of aryl methyl sites for hydroxylation is 1. The molecule has 0 aliphatic carbocycles. The lowest BCUT2D eigenvalue weighted by molar-refractivity contribution is 1.14. The number of nitrogens with zero attached hydrogens (tertiary/aromatic N) is 2. The number of allylic oxidation sites excluding steroid dienone is 5. The highest BCUT2D eigenvalue weighted by molar-refractivity contribution is 6.36. The van der Waals surface area contributed by atoms with E-state index in [4.69, 9.17) is 0 Å². The molecule has 2 N–H and O–H groups in total. The third kappa shape index (κ3) is 4.16. The molecular formula is C18H22B2N4. The van der Waals surface area contributed by atoms with Gasteiger partial charge >= 0.3 is 0 Å². The Kier molecular flexibility index (Phi) is 6.01. The number of hydrogen-bond acceptors (Lipinski definition) is 4. The average molecular weight is 316 g/mol. The number of hydrogen-bond donors (Lipinski definition) is 2. The summed E-state index contributed by atoms with van der Waals surface area (Å²) in [6, 6.07) is 6.19. The summed E-state index contributed by atoms with van der Waals surface area (Å²) < 4.78 is 0. The van der Waals surface area contributed by atoms with Crippen LogP contribution in [-0.4, -0.2) is 25.8 Å². The summed E-state index contributed by atoms with van der Waals surface area (Å²) in [6.45, 7) is 7.83. The SMILES string of the molecule is BNc1cc(Nc2cc(C(/C=C\C)=C/C=C)ncn2)c(B)cc1C. The molecule has 1 aromatic carbocycles. The predicted octanol–water partition coefficient (Wildman–Crippen LogP) is 1.89. The first-order valence-electron chi connectivity index (χ1n) is 7.93. The van der Waals surface area contributed by atoms with Crippen LogP contribution < -0.4 is 16.0 Å². The van der Waals surface area contributed by atoms with Crippen molar-refractivity contribution in [2.45, 2.75) is 13.8 Å². The predicted molar refractivity (Wildman–Crippen MR) is 110 cm³/mol. The average Bonchev–Trinajstić information content (AvgIpc) is 2.57. The third-order valence-electron chi connectivity index (χ3n) is 3.71. The number of rotatable bonds is 6. The lowest BCUT2D eigenvalue weighted by Crippen LogP contribution is -2.12. The Morgan fingerprint density at radius 1 is 1.21 bits per heavy atom. The lowest BCUT2D eigenvalue weighted by atomic mass is 9.91. The van der Waals surface area contributed by atoms with Gasteiger partial charge in [0.05, 0.1) is 5.69 Å². The molecule has 4 nitrogen and oxygen atoms in total. The van der Waals surface area contributed by atoms with E-state index < -0.39 is 0 Å². The van der Waals surface area contributed by atoms with Gasteiger partial charge in [0.1, 0.15) is 20.0 Å². The van der Waals surface area contributed by atoms with Gasteiger partial charge in [-0.1, -0.05) is 42.4 Å². The van der Waals surface area contributed by atoms with Gasteiger partial charge in [0.2, 0.25) is 7.98 Å². The maximum atomic E-state index is 4.36. The van der Waals surface area contributed by atoms with Crippen LogP contribution in [0, 0.1) is 6.92 Å². The molecule has 1 heterocycles. The highest BCUT2D eigenvalue weighted by atomic mass is 15.0. The van der Waals surface area contributed by atoms with E-state index in [1.807, 2.05) is 39.2 Å². The fraction of sp³-hybridized carbons (Fsp3) is 0.111. The van der Waals surface area contributed by atoms with Gasteiger partial charge in [-0.25, -0.2) is 9.97 Å². The second-order valence-electron chi connectivity index (χ2n) is 5.50. The Bertz CT molecular complexity index is 798. The molecule has 0 spiro atoms. The van der Waals surface area contributed by atoms with Crippen molar-refractivity contribution < 1.29 is 0 Å². The van der Waals surface area contributed by atoms with Gasteiger partial charge in [-0.05, 0) is 31.1 Å². The molecule has 6 heteroatoms. The molecule has 0 bridgehead atoms. The van der Waals surface area contributed by atoms with Gasteiger partial charge in [0.15, 0.2) is 0 Å². The molecule has 2 aromatic rings. The Labute approximate surface area is 145 Å². The van der Waals surface area contributed by atoms with Crippen LogP contribution in [-0.2, 0) is 0 Å². The lowest BCUT2D eigenvalue weighted by Gasteiger charge is -2.14. The molecule has 0 radical (unpaired) electrons. The number of benzene rings is 1. The molecule has 24 heavy (non-hydrogen) atoms. The number of nitrogens with one attached hydrogen (secondary N) is 2. The minimum Gasteiger partial charge on any atom is -0.434 e. The van der Waals surface area contributed by atoms with Crippen molar-refractivity contribution in [3.63, 3.8) is 0 Å². The molecule has 2 rings (SSSR count). The molecule has 0 atom stereocenters. The van der Waals surface area contributed by atoms with Gasteiger partial charge < -0.3 is 10.5 Å². The monoisotopic (exact) mass is 316 g/mol. The van der Waals surface area contributed by atoms with Crippen LogP contribution in [0.25, 0.3) is 5.57 Å². The van der Waals surface area contributed by atoms with Crippen LogP contribution in [0.15, 0.2) is 55.4 Å². The quantitative estimate of drug-likeness (QED) is 0.631. The van der Waals surface area contributed by atoms with Crippen LogP contribution in [0.5, 0.6) is 0 Å². The molecule has 0 saturated heterocycles. The van der Waals surface area contributed by atoms with Crippen molar-refractivity contribution in [1.29, 1.82) is 0 Å². The van der Waals surface area contributed by atoms with Gasteiger partial charge in [-0.15, -0.1) is 0 Å². The summed E-state index contributed by atoms with van der Waals surface area (Å²) in [5.74, 6) is 0.758. The molecule has 0 aliphatic heterocycles. The Morgan fingerprint density at radius 3 is 2.67 bits per heavy atom. The van der Waals surface area contributed by atoms with E-state index in [0.717, 1.165) is 28.5 Å². The zero-order valence-electron chi connectivity index (χ0n) is 14.7. The van der Waals surface area contributed by atoms with E-state index in [9.17, 15) is 0 Å². The minimum absolute atomic E-state index is 0.758. The Hall–Kier alpha value is -2.75. The Balaban J connectivity index is 2.36. The number of anilines is 3. The summed E-state index contributed by atoms with van der Waals surface area (Å²) in [5, 5.41) is 6.60. The van der Waals surface area contributed by atoms with Crippen LogP contribution in [0.3, 0.4) is 0 Å². The van der Waals surface area contributed by atoms with Gasteiger partial charge in [0.25, 0.3) is 0 Å². The summed E-state index contributed by atoms with van der Waals surface area (Å²) in [6.07, 6.45) is 9.24. The molecule has 0 saturated carbocycles. The molecule has 0 unspecified atom stereocenters. The van der Waals surface area contributed by atoms with Crippen LogP contribution in [0.4, 0.5) is 17.2 Å². The maximum Gasteiger partial charge on any atom is 0.213 e. The first-order valence-corrected chi connectivity index (χ1v) is 7.93. The molecule has 0 amide bonds. The number of aromatic nitrogens is 2. The smallest absolute Gasteiger partial charge is 0.213 e. The minimum atomic E-state index is 0.758. The van der Waals surface area contributed by atoms with Gasteiger partial charge in [-0.3, -0.25) is 0 Å². The third-order valence-corrected chi connectivity index (χ3v) is 3.71. The van der Waals surface area contributed by atoms with Crippen LogP contribution in [0.2, 0.25) is 0 Å². The van der Waals surface area contributed by atoms with Crippen molar-refractivity contribution >= 4 is 44.1 Å². The maximum absolute atomic E-state index is 4.36. The van der Waals surface area contributed by atoms with E-state index in [-0.39, 0.29) is 0 Å². The zero-order chi connectivity index (χ0) is 17.5. The van der Waals surface area contributed by atoms with E-state index in [2.05, 4.69) is 54.0 Å². The highest BCUT2D eigenvalue weighted by Crippen LogP contribution is 2.22. The van der Waals surface area contributed by atoms with Crippen molar-refractivity contribution in [3.05, 3.63) is 66.7 Å². The first kappa shape index (κ1) is 17.6. The van der Waals surface area contributed by atoms with E-state index in [1.165, 1.54) is 11.0 Å². The largest absolute Gasteiger partial charge is 0.434 e. The second-order valence-corrected chi connectivity index (χ2v) is 5.50. The molecule has 0 aliphatic rings. The molecule has 1 aromatic heterocycles. The first-order chi connectivity index (χ1) is 11.6. The van der Waals surface area contributed by atoms with Crippen molar-refractivity contribution in [2.24, 2.45) is 0 Å². The van der Waals surface area contributed by atoms with Crippen molar-refractivity contribution in [2.75, 3.05) is 10.5 Å². The van der Waals surface area contributed by atoms with Crippen LogP contribution >= 0.6 is 0 Å². The summed E-state index contributed by atoms with van der Waals surface area (Å²) >= 11 is 0. The fourth-order valence-electron chi connectivity index (χ4n) is 2.51. The molecular weight excluding hydrogens is 294 g/mol.